The van der Waals surface area contributed by atoms with E-state index >= 15 is 0 Å². The van der Waals surface area contributed by atoms with Crippen molar-refractivity contribution in [2.75, 3.05) is 11.9 Å². The van der Waals surface area contributed by atoms with E-state index in [-0.39, 0.29) is 25.2 Å². The lowest BCUT2D eigenvalue weighted by Crippen LogP contribution is -2.43. The second-order valence-corrected chi connectivity index (χ2v) is 6.85. The topological polar surface area (TPSA) is 114 Å². The number of hydrogen-bond acceptors (Lipinski definition) is 5. The van der Waals surface area contributed by atoms with Crippen molar-refractivity contribution in [2.45, 2.75) is 19.3 Å². The minimum Gasteiger partial charge on any atom is -0.455 e. The first-order valence-corrected chi connectivity index (χ1v) is 9.58. The number of benzene rings is 2. The lowest BCUT2D eigenvalue weighted by Gasteiger charge is -2.08. The smallest absolute Gasteiger partial charge is 0.306 e. The number of anilines is 1. The van der Waals surface area contributed by atoms with Crippen LogP contribution >= 0.6 is 15.9 Å². The van der Waals surface area contributed by atoms with E-state index < -0.39 is 24.4 Å². The van der Waals surface area contributed by atoms with Crippen molar-refractivity contribution in [1.82, 2.24) is 10.9 Å². The molecule has 2 aromatic rings. The van der Waals surface area contributed by atoms with Crippen LogP contribution in [0, 0.1) is 0 Å². The molecule has 29 heavy (non-hydrogen) atoms. The van der Waals surface area contributed by atoms with E-state index in [2.05, 4.69) is 32.1 Å². The minimum atomic E-state index is -0.671. The Morgan fingerprint density at radius 1 is 0.828 bits per heavy atom. The average Bonchev–Trinajstić information content (AvgIpc) is 2.72. The van der Waals surface area contributed by atoms with Crippen LogP contribution in [0.25, 0.3) is 0 Å². The molecule has 0 saturated heterocycles. The molecule has 3 N–H and O–H groups in total. The van der Waals surface area contributed by atoms with Crippen molar-refractivity contribution in [3.8, 4) is 0 Å². The average molecular weight is 462 g/mol. The summed E-state index contributed by atoms with van der Waals surface area (Å²) in [5.41, 5.74) is 5.42. The molecule has 2 aromatic carbocycles. The summed E-state index contributed by atoms with van der Waals surface area (Å²) in [5.74, 6) is -1.98. The second-order valence-electron chi connectivity index (χ2n) is 5.94. The third-order valence-corrected chi connectivity index (χ3v) is 4.16. The number of nitrogens with one attached hydrogen (secondary N) is 3. The summed E-state index contributed by atoms with van der Waals surface area (Å²) < 4.78 is 5.72. The summed E-state index contributed by atoms with van der Waals surface area (Å²) in [6.45, 7) is -0.529. The number of hydrogen-bond donors (Lipinski definition) is 3. The quantitative estimate of drug-likeness (QED) is 0.412. The Morgan fingerprint density at radius 2 is 1.52 bits per heavy atom. The summed E-state index contributed by atoms with van der Waals surface area (Å²) in [7, 11) is 0. The Balaban J connectivity index is 1.58. The first kappa shape index (κ1) is 22.1. The van der Waals surface area contributed by atoms with Crippen molar-refractivity contribution >= 4 is 45.3 Å². The Hall–Kier alpha value is -3.20. The van der Waals surface area contributed by atoms with Gasteiger partial charge in [0.25, 0.3) is 11.8 Å². The van der Waals surface area contributed by atoms with Crippen LogP contribution in [0.5, 0.6) is 0 Å². The van der Waals surface area contributed by atoms with Crippen molar-refractivity contribution in [3.63, 3.8) is 0 Å². The molecule has 0 aliphatic heterocycles. The maximum absolute atomic E-state index is 11.8. The van der Waals surface area contributed by atoms with E-state index in [4.69, 9.17) is 4.74 Å². The zero-order valence-corrected chi connectivity index (χ0v) is 17.0. The molecule has 9 heteroatoms. The van der Waals surface area contributed by atoms with Crippen LogP contribution in [-0.4, -0.2) is 30.3 Å². The van der Waals surface area contributed by atoms with Gasteiger partial charge >= 0.3 is 5.97 Å². The number of hydrazine groups is 1. The molecule has 0 bridgehead atoms. The van der Waals surface area contributed by atoms with E-state index in [0.29, 0.717) is 11.3 Å². The van der Waals surface area contributed by atoms with E-state index in [1.54, 1.807) is 54.6 Å². The van der Waals surface area contributed by atoms with Crippen molar-refractivity contribution in [1.29, 1.82) is 0 Å². The maximum Gasteiger partial charge on any atom is 0.306 e. The molecule has 8 nitrogen and oxygen atoms in total. The van der Waals surface area contributed by atoms with Gasteiger partial charge < -0.3 is 10.1 Å². The van der Waals surface area contributed by atoms with Gasteiger partial charge in [0.05, 0.1) is 0 Å². The number of rotatable bonds is 8. The highest BCUT2D eigenvalue weighted by atomic mass is 79.9. The SMILES string of the molecule is O=C(COC(=O)CCCC(=O)Nc1ccc(Br)cc1)NNC(=O)c1ccccc1. The van der Waals surface area contributed by atoms with Gasteiger partial charge in [-0.1, -0.05) is 34.1 Å². The minimum absolute atomic E-state index is 0.00257. The van der Waals surface area contributed by atoms with Crippen LogP contribution in [0.3, 0.4) is 0 Å². The molecule has 152 valence electrons. The van der Waals surface area contributed by atoms with Gasteiger partial charge in [-0.05, 0) is 42.8 Å². The van der Waals surface area contributed by atoms with Gasteiger partial charge in [0.15, 0.2) is 6.61 Å². The highest BCUT2D eigenvalue weighted by molar-refractivity contribution is 9.10. The number of carbonyl (C=O) groups is 4. The number of halogens is 1. The number of amides is 3. The van der Waals surface area contributed by atoms with Crippen molar-refractivity contribution < 1.29 is 23.9 Å². The fourth-order valence-corrected chi connectivity index (χ4v) is 2.46. The molecule has 0 radical (unpaired) electrons. The van der Waals surface area contributed by atoms with Crippen LogP contribution in [0.4, 0.5) is 5.69 Å². The molecule has 0 saturated carbocycles. The van der Waals surface area contributed by atoms with E-state index in [9.17, 15) is 19.2 Å². The monoisotopic (exact) mass is 461 g/mol. The molecule has 2 rings (SSSR count). The van der Waals surface area contributed by atoms with Gasteiger partial charge in [0, 0.05) is 28.6 Å². The molecular formula is C20H20BrN3O5. The molecular weight excluding hydrogens is 442 g/mol. The highest BCUT2D eigenvalue weighted by Crippen LogP contribution is 2.14. The van der Waals surface area contributed by atoms with E-state index in [1.807, 2.05) is 0 Å². The van der Waals surface area contributed by atoms with Crippen LogP contribution < -0.4 is 16.2 Å². The highest BCUT2D eigenvalue weighted by Gasteiger charge is 2.11. The summed E-state index contributed by atoms with van der Waals surface area (Å²) >= 11 is 3.31. The lowest BCUT2D eigenvalue weighted by atomic mass is 10.2. The second kappa shape index (κ2) is 11.6. The molecule has 0 fully saturated rings. The van der Waals surface area contributed by atoms with Gasteiger partial charge in [-0.15, -0.1) is 0 Å². The van der Waals surface area contributed by atoms with Crippen LogP contribution in [0.2, 0.25) is 0 Å². The molecule has 0 aliphatic carbocycles. The normalized spacial score (nSPS) is 9.97. The maximum atomic E-state index is 11.8. The summed E-state index contributed by atoms with van der Waals surface area (Å²) in [4.78, 5) is 46.9. The Labute approximate surface area is 176 Å². The van der Waals surface area contributed by atoms with Crippen LogP contribution in [-0.2, 0) is 19.1 Å². The Kier molecular flexibility index (Phi) is 8.84. The largest absolute Gasteiger partial charge is 0.455 e. The molecule has 0 aliphatic rings. The molecule has 0 atom stereocenters. The standard InChI is InChI=1S/C20H20BrN3O5/c21-15-9-11-16(12-10-15)22-17(25)7-4-8-19(27)29-13-18(26)23-24-20(28)14-5-2-1-3-6-14/h1-3,5-6,9-12H,4,7-8,13H2,(H,22,25)(H,23,26)(H,24,28). The van der Waals surface area contributed by atoms with Crippen LogP contribution in [0.15, 0.2) is 59.1 Å². The first-order valence-electron chi connectivity index (χ1n) is 8.79. The van der Waals surface area contributed by atoms with Gasteiger partial charge in [-0.25, -0.2) is 0 Å². The number of ether oxygens (including phenoxy) is 1. The third-order valence-electron chi connectivity index (χ3n) is 3.63. The molecule has 0 unspecified atom stereocenters. The van der Waals surface area contributed by atoms with Crippen molar-refractivity contribution in [2.24, 2.45) is 0 Å². The zero-order chi connectivity index (χ0) is 21.1. The van der Waals surface area contributed by atoms with Crippen LogP contribution in [0.1, 0.15) is 29.6 Å². The van der Waals surface area contributed by atoms with Crippen molar-refractivity contribution in [3.05, 3.63) is 64.6 Å². The summed E-state index contributed by atoms with van der Waals surface area (Å²) in [5, 5.41) is 2.72. The molecule has 3 amide bonds. The van der Waals surface area contributed by atoms with E-state index in [1.165, 1.54) is 0 Å². The predicted molar refractivity (Wildman–Crippen MR) is 110 cm³/mol. The number of carbonyl (C=O) groups excluding carboxylic acids is 4. The van der Waals surface area contributed by atoms with Gasteiger partial charge in [0.1, 0.15) is 0 Å². The van der Waals surface area contributed by atoms with Gasteiger partial charge in [0.2, 0.25) is 5.91 Å². The van der Waals surface area contributed by atoms with Gasteiger partial charge in [-0.2, -0.15) is 0 Å². The summed E-state index contributed by atoms with van der Waals surface area (Å²) in [6.07, 6.45) is 0.426. The molecule has 0 heterocycles. The predicted octanol–water partition coefficient (Wildman–Crippen LogP) is 2.56. The molecule has 0 aromatic heterocycles. The van der Waals surface area contributed by atoms with E-state index in [0.717, 1.165) is 4.47 Å². The third kappa shape index (κ3) is 8.56. The first-order chi connectivity index (χ1) is 13.9. The number of esters is 1. The Bertz CT molecular complexity index is 856. The lowest BCUT2D eigenvalue weighted by molar-refractivity contribution is -0.148. The summed E-state index contributed by atoms with van der Waals surface area (Å²) in [6, 6.07) is 15.5. The fraction of sp³-hybridized carbons (Fsp3) is 0.200. The Morgan fingerprint density at radius 3 is 2.21 bits per heavy atom. The molecule has 0 spiro atoms. The van der Waals surface area contributed by atoms with Gasteiger partial charge in [-0.3, -0.25) is 30.0 Å². The fourth-order valence-electron chi connectivity index (χ4n) is 2.19. The zero-order valence-electron chi connectivity index (χ0n) is 15.4.